The summed E-state index contributed by atoms with van der Waals surface area (Å²) in [6, 6.07) is -0.793. The van der Waals surface area contributed by atoms with Crippen LogP contribution >= 0.6 is 0 Å². The van der Waals surface area contributed by atoms with Crippen molar-refractivity contribution in [3.63, 3.8) is 0 Å². The molecule has 0 bridgehead atoms. The SMILES string of the molecule is CCCCCCCCCC/C=C/C(O)C(COC1OC(CO)C(O)C(O)C1O)NC(=O)CCCCCCCCCCC. The molecule has 1 rings (SSSR count). The highest BCUT2D eigenvalue weighted by molar-refractivity contribution is 5.76. The number of aliphatic hydroxyl groups excluding tert-OH is 5. The van der Waals surface area contributed by atoms with Gasteiger partial charge in [-0.2, -0.15) is 0 Å². The first kappa shape index (κ1) is 39.0. The van der Waals surface area contributed by atoms with Crippen molar-refractivity contribution >= 4 is 5.91 Å². The van der Waals surface area contributed by atoms with Crippen molar-refractivity contribution in [2.45, 2.75) is 179 Å². The Kier molecular flexibility index (Phi) is 23.4. The van der Waals surface area contributed by atoms with E-state index in [-0.39, 0.29) is 12.5 Å². The van der Waals surface area contributed by atoms with Crippen LogP contribution in [0.15, 0.2) is 12.2 Å². The van der Waals surface area contributed by atoms with E-state index in [1.165, 1.54) is 77.0 Å². The fourth-order valence-electron chi connectivity index (χ4n) is 5.27. The lowest BCUT2D eigenvalue weighted by atomic mass is 9.99. The van der Waals surface area contributed by atoms with Gasteiger partial charge >= 0.3 is 0 Å². The summed E-state index contributed by atoms with van der Waals surface area (Å²) >= 11 is 0. The molecule has 7 atom stereocenters. The van der Waals surface area contributed by atoms with Crippen LogP contribution in [0.1, 0.15) is 136 Å². The first-order chi connectivity index (χ1) is 20.3. The normalized spacial score (nSPS) is 24.2. The Bertz CT molecular complexity index is 676. The van der Waals surface area contributed by atoms with E-state index >= 15 is 0 Å². The Morgan fingerprint density at radius 3 is 1.86 bits per heavy atom. The minimum atomic E-state index is -1.56. The molecule has 1 aliphatic heterocycles. The molecule has 9 heteroatoms. The van der Waals surface area contributed by atoms with Crippen molar-refractivity contribution in [3.05, 3.63) is 12.2 Å². The second-order valence-corrected chi connectivity index (χ2v) is 12.0. The van der Waals surface area contributed by atoms with E-state index in [4.69, 9.17) is 9.47 Å². The molecule has 7 unspecified atom stereocenters. The monoisotopic (exact) mass is 601 g/mol. The van der Waals surface area contributed by atoms with Gasteiger partial charge in [0.25, 0.3) is 0 Å². The molecule has 248 valence electrons. The van der Waals surface area contributed by atoms with Crippen molar-refractivity contribution in [2.24, 2.45) is 0 Å². The van der Waals surface area contributed by atoms with Crippen LogP contribution in [-0.4, -0.2) is 87.5 Å². The first-order valence-corrected chi connectivity index (χ1v) is 16.9. The van der Waals surface area contributed by atoms with Crippen LogP contribution in [-0.2, 0) is 14.3 Å². The fourth-order valence-corrected chi connectivity index (χ4v) is 5.27. The van der Waals surface area contributed by atoms with Crippen molar-refractivity contribution in [3.8, 4) is 0 Å². The van der Waals surface area contributed by atoms with Crippen LogP contribution in [0.2, 0.25) is 0 Å². The Morgan fingerprint density at radius 2 is 1.31 bits per heavy atom. The van der Waals surface area contributed by atoms with Crippen LogP contribution < -0.4 is 5.32 Å². The summed E-state index contributed by atoms with van der Waals surface area (Å²) < 4.78 is 11.1. The number of hydrogen-bond donors (Lipinski definition) is 6. The Hall–Kier alpha value is -1.07. The third-order valence-corrected chi connectivity index (χ3v) is 8.11. The molecule has 9 nitrogen and oxygen atoms in total. The van der Waals surface area contributed by atoms with Crippen molar-refractivity contribution in [1.29, 1.82) is 0 Å². The smallest absolute Gasteiger partial charge is 0.220 e. The van der Waals surface area contributed by atoms with E-state index in [1.807, 2.05) is 6.08 Å². The Morgan fingerprint density at radius 1 is 0.786 bits per heavy atom. The van der Waals surface area contributed by atoms with Crippen LogP contribution in [0.3, 0.4) is 0 Å². The van der Waals surface area contributed by atoms with Crippen molar-refractivity contribution < 1.29 is 39.8 Å². The highest BCUT2D eigenvalue weighted by atomic mass is 16.7. The number of rotatable bonds is 26. The van der Waals surface area contributed by atoms with E-state index in [0.29, 0.717) is 6.42 Å². The minimum Gasteiger partial charge on any atom is -0.394 e. The average molecular weight is 602 g/mol. The van der Waals surface area contributed by atoms with Gasteiger partial charge in [0.05, 0.1) is 25.4 Å². The van der Waals surface area contributed by atoms with E-state index in [0.717, 1.165) is 38.5 Å². The van der Waals surface area contributed by atoms with Gasteiger partial charge in [0, 0.05) is 6.42 Å². The summed E-state index contributed by atoms with van der Waals surface area (Å²) in [5.74, 6) is -0.184. The molecule has 0 radical (unpaired) electrons. The molecule has 0 aliphatic carbocycles. The van der Waals surface area contributed by atoms with Gasteiger partial charge in [0.15, 0.2) is 6.29 Å². The van der Waals surface area contributed by atoms with E-state index < -0.39 is 49.5 Å². The maximum atomic E-state index is 12.7. The van der Waals surface area contributed by atoms with Crippen LogP contribution in [0.4, 0.5) is 0 Å². The molecule has 1 aliphatic rings. The van der Waals surface area contributed by atoms with Gasteiger partial charge in [-0.15, -0.1) is 0 Å². The van der Waals surface area contributed by atoms with E-state index in [2.05, 4.69) is 19.2 Å². The van der Waals surface area contributed by atoms with Crippen LogP contribution in [0, 0.1) is 0 Å². The number of nitrogens with one attached hydrogen (secondary N) is 1. The third-order valence-electron chi connectivity index (χ3n) is 8.11. The lowest BCUT2D eigenvalue weighted by Crippen LogP contribution is -2.60. The van der Waals surface area contributed by atoms with Crippen molar-refractivity contribution in [2.75, 3.05) is 13.2 Å². The quantitative estimate of drug-likeness (QED) is 0.0620. The fraction of sp³-hybridized carbons (Fsp3) is 0.909. The highest BCUT2D eigenvalue weighted by Crippen LogP contribution is 2.22. The zero-order valence-electron chi connectivity index (χ0n) is 26.5. The molecule has 0 saturated carbocycles. The Balaban J connectivity index is 2.54. The summed E-state index contributed by atoms with van der Waals surface area (Å²) in [5.41, 5.74) is 0. The van der Waals surface area contributed by atoms with Gasteiger partial charge in [-0.1, -0.05) is 122 Å². The molecular formula is C33H63NO8. The van der Waals surface area contributed by atoms with Gasteiger partial charge in [0.1, 0.15) is 24.4 Å². The lowest BCUT2D eigenvalue weighted by molar-refractivity contribution is -0.302. The number of hydrogen-bond acceptors (Lipinski definition) is 8. The number of allylic oxidation sites excluding steroid dienone is 1. The molecule has 6 N–H and O–H groups in total. The molecule has 0 aromatic carbocycles. The third kappa shape index (κ3) is 17.3. The molecule has 1 amide bonds. The summed E-state index contributed by atoms with van der Waals surface area (Å²) in [6.45, 7) is 3.68. The largest absolute Gasteiger partial charge is 0.394 e. The van der Waals surface area contributed by atoms with E-state index in [9.17, 15) is 30.3 Å². The van der Waals surface area contributed by atoms with Gasteiger partial charge in [-0.25, -0.2) is 0 Å². The predicted octanol–water partition coefficient (Wildman–Crippen LogP) is 4.66. The summed E-state index contributed by atoms with van der Waals surface area (Å²) in [5, 5.41) is 53.6. The number of aliphatic hydroxyl groups is 5. The first-order valence-electron chi connectivity index (χ1n) is 16.9. The number of amides is 1. The topological polar surface area (TPSA) is 149 Å². The summed E-state index contributed by atoms with van der Waals surface area (Å²) in [7, 11) is 0. The Labute approximate surface area is 255 Å². The van der Waals surface area contributed by atoms with Gasteiger partial charge in [0.2, 0.25) is 5.91 Å². The van der Waals surface area contributed by atoms with E-state index in [1.54, 1.807) is 6.08 Å². The van der Waals surface area contributed by atoms with Gasteiger partial charge in [-0.3, -0.25) is 4.79 Å². The molecule has 1 fully saturated rings. The maximum Gasteiger partial charge on any atom is 0.220 e. The molecule has 0 spiro atoms. The second-order valence-electron chi connectivity index (χ2n) is 12.0. The number of carbonyl (C=O) groups excluding carboxylic acids is 1. The average Bonchev–Trinajstić information content (AvgIpc) is 2.98. The highest BCUT2D eigenvalue weighted by Gasteiger charge is 2.44. The van der Waals surface area contributed by atoms with Gasteiger partial charge < -0.3 is 40.3 Å². The number of unbranched alkanes of at least 4 members (excludes halogenated alkanes) is 16. The molecule has 1 heterocycles. The number of ether oxygens (including phenoxy) is 2. The second kappa shape index (κ2) is 25.3. The molecule has 0 aromatic rings. The van der Waals surface area contributed by atoms with Crippen LogP contribution in [0.5, 0.6) is 0 Å². The lowest BCUT2D eigenvalue weighted by Gasteiger charge is -2.40. The number of carbonyl (C=O) groups is 1. The summed E-state index contributed by atoms with van der Waals surface area (Å²) in [4.78, 5) is 12.7. The zero-order chi connectivity index (χ0) is 31.0. The summed E-state index contributed by atoms with van der Waals surface area (Å²) in [6.07, 6.45) is 16.9. The zero-order valence-corrected chi connectivity index (χ0v) is 26.5. The molecule has 0 aromatic heterocycles. The van der Waals surface area contributed by atoms with Gasteiger partial charge in [-0.05, 0) is 19.3 Å². The molecule has 1 saturated heterocycles. The molecular weight excluding hydrogens is 538 g/mol. The minimum absolute atomic E-state index is 0.184. The van der Waals surface area contributed by atoms with Crippen LogP contribution in [0.25, 0.3) is 0 Å². The predicted molar refractivity (Wildman–Crippen MR) is 166 cm³/mol. The standard InChI is InChI=1S/C33H63NO8/c1-3-5-7-9-11-13-15-16-18-20-22-27(36)26(25-41-33-32(40)31(39)30(38)28(24-35)42-33)34-29(37)23-21-19-17-14-12-10-8-6-4-2/h20,22,26-28,30-33,35-36,38-40H,3-19,21,23-25H2,1-2H3,(H,34,37)/b22-20+. The molecule has 42 heavy (non-hydrogen) atoms. The van der Waals surface area contributed by atoms with Crippen molar-refractivity contribution in [1.82, 2.24) is 5.32 Å². The maximum absolute atomic E-state index is 12.7.